The van der Waals surface area contributed by atoms with E-state index in [1.165, 1.54) is 19.3 Å². The maximum Gasteiger partial charge on any atom is 0.0628 e. The van der Waals surface area contributed by atoms with Crippen LogP contribution in [0.1, 0.15) is 40.0 Å². The molecule has 0 spiro atoms. The fourth-order valence-electron chi connectivity index (χ4n) is 3.51. The summed E-state index contributed by atoms with van der Waals surface area (Å²) in [6.45, 7) is 9.05. The molecule has 2 fully saturated rings. The van der Waals surface area contributed by atoms with Crippen LogP contribution < -0.4 is 0 Å². The monoisotopic (exact) mass is 222 g/mol. The molecule has 1 heterocycles. The highest BCUT2D eigenvalue weighted by atomic mass is 15.3. The Kier molecular flexibility index (Phi) is 3.13. The molecule has 0 aromatic heterocycles. The number of hydrogen-bond acceptors (Lipinski definition) is 2. The van der Waals surface area contributed by atoms with E-state index in [9.17, 15) is 0 Å². The average molecular weight is 222 g/mol. The molecule has 90 valence electrons. The summed E-state index contributed by atoms with van der Waals surface area (Å²) in [4.78, 5) is 5.38. The molecule has 0 amide bonds. The molecule has 16 heavy (non-hydrogen) atoms. The number of likely N-dealkylation sites (tertiary alicyclic amines) is 1. The largest absolute Gasteiger partial charge is 0.299 e. The molecule has 1 saturated heterocycles. The summed E-state index contributed by atoms with van der Waals surface area (Å²) in [5.41, 5.74) is 8.84. The fourth-order valence-corrected chi connectivity index (χ4v) is 3.51. The SMILES string of the molecule is C[C@@H]1C[C@@H](N2CC(N=[N+]=[N-])C2)CC(C)(C)C1. The molecule has 0 radical (unpaired) electrons. The van der Waals surface area contributed by atoms with Gasteiger partial charge in [-0.25, -0.2) is 0 Å². The molecule has 2 rings (SSSR count). The van der Waals surface area contributed by atoms with Crippen molar-refractivity contribution in [3.63, 3.8) is 0 Å². The molecule has 2 aliphatic rings. The number of nitrogens with zero attached hydrogens (tertiary/aromatic N) is 4. The second-order valence-electron chi connectivity index (χ2n) is 6.38. The summed E-state index contributed by atoms with van der Waals surface area (Å²) in [6, 6.07) is 0.939. The summed E-state index contributed by atoms with van der Waals surface area (Å²) in [5, 5.41) is 3.77. The molecule has 0 aromatic carbocycles. The third-order valence-electron chi connectivity index (χ3n) is 3.99. The third kappa shape index (κ3) is 2.50. The molecular weight excluding hydrogens is 200 g/mol. The van der Waals surface area contributed by atoms with E-state index in [2.05, 4.69) is 35.7 Å². The lowest BCUT2D eigenvalue weighted by Gasteiger charge is -2.49. The van der Waals surface area contributed by atoms with Crippen LogP contribution in [0, 0.1) is 11.3 Å². The van der Waals surface area contributed by atoms with Crippen LogP contribution in [0.4, 0.5) is 0 Å². The van der Waals surface area contributed by atoms with Gasteiger partial charge in [-0.1, -0.05) is 25.9 Å². The van der Waals surface area contributed by atoms with Gasteiger partial charge in [0.05, 0.1) is 6.04 Å². The van der Waals surface area contributed by atoms with Crippen molar-refractivity contribution in [1.82, 2.24) is 4.90 Å². The van der Waals surface area contributed by atoms with E-state index in [4.69, 9.17) is 5.53 Å². The third-order valence-corrected chi connectivity index (χ3v) is 3.99. The smallest absolute Gasteiger partial charge is 0.0628 e. The second-order valence-corrected chi connectivity index (χ2v) is 6.38. The number of hydrogen-bond donors (Lipinski definition) is 0. The first-order chi connectivity index (χ1) is 7.50. The molecule has 1 aliphatic heterocycles. The number of azide groups is 1. The molecule has 1 aliphatic carbocycles. The Morgan fingerprint density at radius 3 is 2.56 bits per heavy atom. The maximum absolute atomic E-state index is 8.36. The highest BCUT2D eigenvalue weighted by molar-refractivity contribution is 4.95. The van der Waals surface area contributed by atoms with Gasteiger partial charge in [0.1, 0.15) is 0 Å². The zero-order valence-corrected chi connectivity index (χ0v) is 10.6. The molecule has 0 unspecified atom stereocenters. The minimum Gasteiger partial charge on any atom is -0.299 e. The number of rotatable bonds is 2. The fraction of sp³-hybridized carbons (Fsp3) is 1.00. The van der Waals surface area contributed by atoms with Crippen LogP contribution in [0.15, 0.2) is 5.11 Å². The van der Waals surface area contributed by atoms with Crippen LogP contribution in [0.5, 0.6) is 0 Å². The minimum atomic E-state index is 0.227. The van der Waals surface area contributed by atoms with Crippen LogP contribution in [0.2, 0.25) is 0 Å². The van der Waals surface area contributed by atoms with Crippen molar-refractivity contribution in [2.45, 2.75) is 52.1 Å². The van der Waals surface area contributed by atoms with Crippen LogP contribution >= 0.6 is 0 Å². The van der Waals surface area contributed by atoms with E-state index >= 15 is 0 Å². The second kappa shape index (κ2) is 4.27. The van der Waals surface area contributed by atoms with Crippen molar-refractivity contribution in [1.29, 1.82) is 0 Å². The van der Waals surface area contributed by atoms with Gasteiger partial charge < -0.3 is 0 Å². The van der Waals surface area contributed by atoms with E-state index in [1.807, 2.05) is 0 Å². The van der Waals surface area contributed by atoms with E-state index in [0.717, 1.165) is 19.0 Å². The lowest BCUT2D eigenvalue weighted by Crippen LogP contribution is -2.56. The van der Waals surface area contributed by atoms with Crippen molar-refractivity contribution in [3.8, 4) is 0 Å². The maximum atomic E-state index is 8.36. The van der Waals surface area contributed by atoms with E-state index < -0.39 is 0 Å². The van der Waals surface area contributed by atoms with Gasteiger partial charge in [-0.05, 0) is 36.1 Å². The van der Waals surface area contributed by atoms with Crippen molar-refractivity contribution < 1.29 is 0 Å². The van der Waals surface area contributed by atoms with Gasteiger partial charge in [-0.2, -0.15) is 0 Å². The quantitative estimate of drug-likeness (QED) is 0.402. The lowest BCUT2D eigenvalue weighted by molar-refractivity contribution is 0.0191. The van der Waals surface area contributed by atoms with Gasteiger partial charge in [0.15, 0.2) is 0 Å². The average Bonchev–Trinajstić information content (AvgIpc) is 2.06. The van der Waals surface area contributed by atoms with Gasteiger partial charge in [0.25, 0.3) is 0 Å². The van der Waals surface area contributed by atoms with Crippen LogP contribution in [0.25, 0.3) is 10.4 Å². The molecule has 0 bridgehead atoms. The zero-order valence-electron chi connectivity index (χ0n) is 10.6. The first kappa shape index (κ1) is 11.7. The summed E-state index contributed by atoms with van der Waals surface area (Å²) >= 11 is 0. The molecule has 1 saturated carbocycles. The molecule has 4 heteroatoms. The standard InChI is InChI=1S/C12H22N4/c1-9-4-11(6-12(2,3)5-9)16-7-10(8-16)14-15-13/h9-11H,4-8H2,1-3H3/t9-,11-/m1/s1. The zero-order chi connectivity index (χ0) is 11.8. The first-order valence-corrected chi connectivity index (χ1v) is 6.28. The Balaban J connectivity index is 1.89. The lowest BCUT2D eigenvalue weighted by atomic mass is 9.70. The van der Waals surface area contributed by atoms with Gasteiger partial charge in [0.2, 0.25) is 0 Å². The summed E-state index contributed by atoms with van der Waals surface area (Å²) in [7, 11) is 0. The van der Waals surface area contributed by atoms with Gasteiger partial charge in [0, 0.05) is 24.0 Å². The van der Waals surface area contributed by atoms with Crippen LogP contribution in [-0.2, 0) is 0 Å². The minimum absolute atomic E-state index is 0.227. The highest BCUT2D eigenvalue weighted by Crippen LogP contribution is 2.41. The Bertz CT molecular complexity index is 300. The van der Waals surface area contributed by atoms with Crippen molar-refractivity contribution >= 4 is 0 Å². The molecule has 2 atom stereocenters. The van der Waals surface area contributed by atoms with E-state index in [-0.39, 0.29) is 6.04 Å². The predicted octanol–water partition coefficient (Wildman–Crippen LogP) is 3.20. The van der Waals surface area contributed by atoms with Gasteiger partial charge in [-0.15, -0.1) is 0 Å². The Hall–Kier alpha value is -0.730. The summed E-state index contributed by atoms with van der Waals surface area (Å²) in [5.74, 6) is 0.826. The molecule has 4 nitrogen and oxygen atoms in total. The van der Waals surface area contributed by atoms with E-state index in [0.29, 0.717) is 11.5 Å². The Labute approximate surface area is 97.6 Å². The molecule has 0 N–H and O–H groups in total. The van der Waals surface area contributed by atoms with Crippen LogP contribution in [0.3, 0.4) is 0 Å². The van der Waals surface area contributed by atoms with Crippen molar-refractivity contribution in [2.75, 3.05) is 13.1 Å². The van der Waals surface area contributed by atoms with Crippen LogP contribution in [-0.4, -0.2) is 30.1 Å². The normalized spacial score (nSPS) is 35.2. The summed E-state index contributed by atoms with van der Waals surface area (Å²) in [6.07, 6.45) is 3.95. The molecular formula is C12H22N4. The van der Waals surface area contributed by atoms with Crippen molar-refractivity contribution in [2.24, 2.45) is 16.4 Å². The topological polar surface area (TPSA) is 52.0 Å². The van der Waals surface area contributed by atoms with Gasteiger partial charge >= 0.3 is 0 Å². The highest BCUT2D eigenvalue weighted by Gasteiger charge is 2.39. The Morgan fingerprint density at radius 2 is 2.00 bits per heavy atom. The predicted molar refractivity (Wildman–Crippen MR) is 65.1 cm³/mol. The summed E-state index contributed by atoms with van der Waals surface area (Å²) < 4.78 is 0. The first-order valence-electron chi connectivity index (χ1n) is 6.28. The van der Waals surface area contributed by atoms with Crippen molar-refractivity contribution in [3.05, 3.63) is 10.4 Å². The van der Waals surface area contributed by atoms with E-state index in [1.54, 1.807) is 0 Å². The molecule has 0 aromatic rings. The Morgan fingerprint density at radius 1 is 1.31 bits per heavy atom. The van der Waals surface area contributed by atoms with Gasteiger partial charge in [-0.3, -0.25) is 4.90 Å².